The number of ether oxygens (including phenoxy) is 3. The van der Waals surface area contributed by atoms with Crippen molar-refractivity contribution in [2.24, 2.45) is 4.99 Å². The third-order valence-electron chi connectivity index (χ3n) is 3.32. The second-order valence-electron chi connectivity index (χ2n) is 5.43. The quantitative estimate of drug-likeness (QED) is 0.188. The minimum atomic E-state index is -0.719. The van der Waals surface area contributed by atoms with E-state index in [0.29, 0.717) is 38.9 Å². The third-order valence-corrected chi connectivity index (χ3v) is 3.32. The number of hydrogen-bond acceptors (Lipinski definition) is 4. The molecule has 156 valence electrons. The lowest BCUT2D eigenvalue weighted by Crippen LogP contribution is -2.40. The predicted octanol–water partition coefficient (Wildman–Crippen LogP) is 2.96. The van der Waals surface area contributed by atoms with Crippen molar-refractivity contribution in [3.63, 3.8) is 0 Å². The number of unbranched alkanes of at least 4 members (excludes halogenated alkanes) is 1. The Morgan fingerprint density at radius 2 is 1.67 bits per heavy atom. The maximum absolute atomic E-state index is 13.4. The highest BCUT2D eigenvalue weighted by Crippen LogP contribution is 2.17. The van der Waals surface area contributed by atoms with E-state index in [1.165, 1.54) is 6.07 Å². The lowest BCUT2D eigenvalue weighted by molar-refractivity contribution is 0.0487. The minimum absolute atomic E-state index is 0. The van der Waals surface area contributed by atoms with Gasteiger partial charge in [0.1, 0.15) is 12.4 Å². The van der Waals surface area contributed by atoms with Crippen molar-refractivity contribution < 1.29 is 23.0 Å². The summed E-state index contributed by atoms with van der Waals surface area (Å²) in [5.74, 6) is -0.739. The van der Waals surface area contributed by atoms with Crippen LogP contribution in [0.5, 0.6) is 5.75 Å². The molecule has 0 spiro atoms. The van der Waals surface area contributed by atoms with Gasteiger partial charge in [-0.15, -0.1) is 24.0 Å². The van der Waals surface area contributed by atoms with Gasteiger partial charge in [-0.25, -0.2) is 8.78 Å². The Kier molecular flexibility index (Phi) is 16.2. The molecule has 0 aromatic heterocycles. The fourth-order valence-electron chi connectivity index (χ4n) is 1.95. The average Bonchev–Trinajstić information content (AvgIpc) is 2.63. The highest BCUT2D eigenvalue weighted by Gasteiger charge is 2.04. The highest BCUT2D eigenvalue weighted by molar-refractivity contribution is 14.0. The Morgan fingerprint density at radius 3 is 2.30 bits per heavy atom. The molecule has 0 amide bonds. The zero-order valence-electron chi connectivity index (χ0n) is 15.9. The molecule has 0 fully saturated rings. The van der Waals surface area contributed by atoms with Crippen molar-refractivity contribution in [1.29, 1.82) is 0 Å². The van der Waals surface area contributed by atoms with E-state index < -0.39 is 11.6 Å². The molecule has 0 heterocycles. The number of nitrogens with zero attached hydrogens (tertiary/aromatic N) is 1. The molecule has 0 aliphatic carbocycles. The Morgan fingerprint density at radius 1 is 1.00 bits per heavy atom. The van der Waals surface area contributed by atoms with E-state index in [1.54, 1.807) is 7.05 Å². The molecule has 1 aromatic rings. The van der Waals surface area contributed by atoms with Gasteiger partial charge in [-0.3, -0.25) is 4.99 Å². The maximum Gasteiger partial charge on any atom is 0.191 e. The van der Waals surface area contributed by atoms with Crippen LogP contribution in [0.15, 0.2) is 23.2 Å². The number of hydrogen-bond donors (Lipinski definition) is 2. The second kappa shape index (κ2) is 16.9. The molecule has 27 heavy (non-hydrogen) atoms. The lowest BCUT2D eigenvalue weighted by Gasteiger charge is -2.13. The molecule has 1 rings (SSSR count). The van der Waals surface area contributed by atoms with Gasteiger partial charge in [0.25, 0.3) is 0 Å². The van der Waals surface area contributed by atoms with Gasteiger partial charge in [-0.2, -0.15) is 0 Å². The zero-order chi connectivity index (χ0) is 19.0. The molecule has 0 saturated heterocycles. The summed E-state index contributed by atoms with van der Waals surface area (Å²) in [5.41, 5.74) is 0. The van der Waals surface area contributed by atoms with E-state index in [2.05, 4.69) is 22.5 Å². The topological polar surface area (TPSA) is 64.1 Å². The van der Waals surface area contributed by atoms with Crippen LogP contribution in [-0.4, -0.2) is 59.1 Å². The summed E-state index contributed by atoms with van der Waals surface area (Å²) in [6, 6.07) is 3.21. The van der Waals surface area contributed by atoms with Crippen LogP contribution in [0.1, 0.15) is 19.8 Å². The van der Waals surface area contributed by atoms with E-state index in [9.17, 15) is 8.78 Å². The number of halogens is 3. The summed E-state index contributed by atoms with van der Waals surface area (Å²) in [4.78, 5) is 4.06. The van der Waals surface area contributed by atoms with E-state index in [0.717, 1.165) is 31.6 Å². The Bertz CT molecular complexity index is 537. The summed E-state index contributed by atoms with van der Waals surface area (Å²) < 4.78 is 42.3. The van der Waals surface area contributed by atoms with Crippen LogP contribution in [0.4, 0.5) is 8.78 Å². The number of rotatable bonds is 13. The molecule has 1 aromatic carbocycles. The van der Waals surface area contributed by atoms with E-state index >= 15 is 0 Å². The van der Waals surface area contributed by atoms with Crippen LogP contribution < -0.4 is 15.4 Å². The molecule has 0 atom stereocenters. The summed E-state index contributed by atoms with van der Waals surface area (Å²) in [6.07, 6.45) is 2.20. The number of benzene rings is 1. The predicted molar refractivity (Wildman–Crippen MR) is 113 cm³/mol. The van der Waals surface area contributed by atoms with Gasteiger partial charge < -0.3 is 24.8 Å². The van der Waals surface area contributed by atoms with E-state index in [-0.39, 0.29) is 36.3 Å². The van der Waals surface area contributed by atoms with Crippen LogP contribution in [-0.2, 0) is 9.47 Å². The van der Waals surface area contributed by atoms with Gasteiger partial charge in [0.05, 0.1) is 26.4 Å². The summed E-state index contributed by atoms with van der Waals surface area (Å²) in [5, 5.41) is 6.12. The van der Waals surface area contributed by atoms with Crippen molar-refractivity contribution in [2.45, 2.75) is 19.8 Å². The van der Waals surface area contributed by atoms with Crippen molar-refractivity contribution >= 4 is 29.9 Å². The van der Waals surface area contributed by atoms with Gasteiger partial charge in [0, 0.05) is 26.3 Å². The maximum atomic E-state index is 13.4. The second-order valence-corrected chi connectivity index (χ2v) is 5.43. The summed E-state index contributed by atoms with van der Waals surface area (Å²) >= 11 is 0. The Labute approximate surface area is 177 Å². The van der Waals surface area contributed by atoms with Gasteiger partial charge in [0.15, 0.2) is 17.5 Å². The molecule has 2 N–H and O–H groups in total. The van der Waals surface area contributed by atoms with E-state index in [4.69, 9.17) is 14.2 Å². The van der Waals surface area contributed by atoms with Crippen molar-refractivity contribution in [2.75, 3.05) is 53.2 Å². The SMILES string of the molecule is CCCCOCCOCCNC(=NC)NCCOc1ccc(F)cc1F.I. The molecule has 0 unspecified atom stereocenters. The fourth-order valence-corrected chi connectivity index (χ4v) is 1.95. The van der Waals surface area contributed by atoms with Crippen molar-refractivity contribution in [3.05, 3.63) is 29.8 Å². The first-order valence-electron chi connectivity index (χ1n) is 8.85. The molecule has 0 saturated carbocycles. The monoisotopic (exact) mass is 501 g/mol. The smallest absolute Gasteiger partial charge is 0.191 e. The van der Waals surface area contributed by atoms with Crippen molar-refractivity contribution in [1.82, 2.24) is 10.6 Å². The number of aliphatic imine (C=N–C) groups is 1. The van der Waals surface area contributed by atoms with Crippen LogP contribution in [0.3, 0.4) is 0 Å². The van der Waals surface area contributed by atoms with E-state index in [1.807, 2.05) is 0 Å². The van der Waals surface area contributed by atoms with Gasteiger partial charge in [-0.05, 0) is 18.6 Å². The fraction of sp³-hybridized carbons (Fsp3) is 0.611. The van der Waals surface area contributed by atoms with Crippen LogP contribution in [0.25, 0.3) is 0 Å². The number of guanidine groups is 1. The van der Waals surface area contributed by atoms with Gasteiger partial charge in [-0.1, -0.05) is 13.3 Å². The zero-order valence-corrected chi connectivity index (χ0v) is 18.3. The average molecular weight is 501 g/mol. The highest BCUT2D eigenvalue weighted by atomic mass is 127. The molecular formula is C18H30F2IN3O3. The molecule has 0 radical (unpaired) electrons. The summed E-state index contributed by atoms with van der Waals surface area (Å²) in [7, 11) is 1.65. The Hall–Kier alpha value is -1.20. The molecular weight excluding hydrogens is 471 g/mol. The largest absolute Gasteiger partial charge is 0.489 e. The third kappa shape index (κ3) is 12.7. The molecule has 0 aliphatic heterocycles. The standard InChI is InChI=1S/C18H29F2N3O3.HI/c1-3-4-9-24-12-13-25-10-7-22-18(21-2)23-8-11-26-17-6-5-15(19)14-16(17)20;/h5-6,14H,3-4,7-13H2,1-2H3,(H2,21,22,23);1H. The van der Waals surface area contributed by atoms with Gasteiger partial charge >= 0.3 is 0 Å². The van der Waals surface area contributed by atoms with Crippen LogP contribution >= 0.6 is 24.0 Å². The summed E-state index contributed by atoms with van der Waals surface area (Å²) in [6.45, 7) is 5.84. The number of nitrogens with one attached hydrogen (secondary N) is 2. The Balaban J connectivity index is 0.00000676. The molecule has 9 heteroatoms. The molecule has 6 nitrogen and oxygen atoms in total. The normalized spacial score (nSPS) is 11.0. The van der Waals surface area contributed by atoms with Gasteiger partial charge in [0.2, 0.25) is 0 Å². The first-order valence-corrected chi connectivity index (χ1v) is 8.85. The van der Waals surface area contributed by atoms with Crippen LogP contribution in [0, 0.1) is 11.6 Å². The minimum Gasteiger partial charge on any atom is -0.489 e. The first-order chi connectivity index (χ1) is 12.7. The lowest BCUT2D eigenvalue weighted by atomic mass is 10.3. The molecule has 0 aliphatic rings. The molecule has 0 bridgehead atoms. The first kappa shape index (κ1) is 25.8. The van der Waals surface area contributed by atoms with Crippen LogP contribution in [0.2, 0.25) is 0 Å². The van der Waals surface area contributed by atoms with Crippen molar-refractivity contribution in [3.8, 4) is 5.75 Å².